The number of esters is 1. The molecule has 2 unspecified atom stereocenters. The quantitative estimate of drug-likeness (QED) is 0.587. The zero-order chi connectivity index (χ0) is 10.1. The predicted octanol–water partition coefficient (Wildman–Crippen LogP) is 0.00460. The molecule has 76 valence electrons. The van der Waals surface area contributed by atoms with Gasteiger partial charge < -0.3 is 14.7 Å². The highest BCUT2D eigenvalue weighted by Gasteiger charge is 2.42. The summed E-state index contributed by atoms with van der Waals surface area (Å²) in [7, 11) is 3.30. The van der Waals surface area contributed by atoms with Gasteiger partial charge in [0.2, 0.25) is 0 Å². The number of carbonyl (C=O) groups is 1. The highest BCUT2D eigenvalue weighted by Crippen LogP contribution is 2.26. The Labute approximate surface area is 78.5 Å². The van der Waals surface area contributed by atoms with Crippen molar-refractivity contribution < 1.29 is 14.6 Å². The van der Waals surface area contributed by atoms with Gasteiger partial charge in [0.1, 0.15) is 0 Å². The Morgan fingerprint density at radius 2 is 2.31 bits per heavy atom. The van der Waals surface area contributed by atoms with E-state index in [0.29, 0.717) is 12.8 Å². The third-order valence-corrected chi connectivity index (χ3v) is 2.83. The fourth-order valence-electron chi connectivity index (χ4n) is 1.70. The predicted molar refractivity (Wildman–Crippen MR) is 48.3 cm³/mol. The number of rotatable bonds is 1. The van der Waals surface area contributed by atoms with Gasteiger partial charge in [0.05, 0.1) is 7.11 Å². The fraction of sp³-hybridized carbons (Fsp3) is 0.889. The van der Waals surface area contributed by atoms with Gasteiger partial charge in [0.25, 0.3) is 0 Å². The van der Waals surface area contributed by atoms with Gasteiger partial charge in [-0.05, 0) is 20.4 Å². The summed E-state index contributed by atoms with van der Waals surface area (Å²) in [6.45, 7) is 2.72. The molecule has 1 heterocycles. The highest BCUT2D eigenvalue weighted by molar-refractivity contribution is 5.79. The van der Waals surface area contributed by atoms with Crippen molar-refractivity contribution in [2.45, 2.75) is 31.4 Å². The van der Waals surface area contributed by atoms with E-state index in [4.69, 9.17) is 0 Å². The van der Waals surface area contributed by atoms with Crippen LogP contribution in [0.25, 0.3) is 0 Å². The Morgan fingerprint density at radius 1 is 1.69 bits per heavy atom. The Hall–Kier alpha value is -0.610. The minimum Gasteiger partial charge on any atom is -0.467 e. The summed E-state index contributed by atoms with van der Waals surface area (Å²) >= 11 is 0. The molecule has 1 aliphatic heterocycles. The summed E-state index contributed by atoms with van der Waals surface area (Å²) in [6.07, 6.45) is 0.913. The largest absolute Gasteiger partial charge is 0.467 e. The SMILES string of the molecule is COC(=O)C1(O)CCN(C)C(C)C1. The van der Waals surface area contributed by atoms with Gasteiger partial charge in [-0.15, -0.1) is 0 Å². The van der Waals surface area contributed by atoms with E-state index in [9.17, 15) is 9.90 Å². The molecule has 0 aromatic rings. The van der Waals surface area contributed by atoms with Gasteiger partial charge in [-0.3, -0.25) is 0 Å². The van der Waals surface area contributed by atoms with Crippen LogP contribution in [0.3, 0.4) is 0 Å². The van der Waals surface area contributed by atoms with Crippen molar-refractivity contribution in [1.82, 2.24) is 4.90 Å². The number of likely N-dealkylation sites (tertiary alicyclic amines) is 1. The third kappa shape index (κ3) is 2.00. The van der Waals surface area contributed by atoms with E-state index in [0.717, 1.165) is 6.54 Å². The molecule has 0 aromatic heterocycles. The Bertz CT molecular complexity index is 207. The number of ether oxygens (including phenoxy) is 1. The summed E-state index contributed by atoms with van der Waals surface area (Å²) in [5.41, 5.74) is -1.26. The molecule has 0 bridgehead atoms. The summed E-state index contributed by atoms with van der Waals surface area (Å²) in [4.78, 5) is 13.4. The molecule has 0 spiro atoms. The molecule has 0 saturated carbocycles. The van der Waals surface area contributed by atoms with Gasteiger partial charge in [0, 0.05) is 19.0 Å². The van der Waals surface area contributed by atoms with Crippen molar-refractivity contribution in [3.63, 3.8) is 0 Å². The van der Waals surface area contributed by atoms with Crippen LogP contribution in [-0.2, 0) is 9.53 Å². The van der Waals surface area contributed by atoms with Crippen molar-refractivity contribution in [2.75, 3.05) is 20.7 Å². The van der Waals surface area contributed by atoms with E-state index in [-0.39, 0.29) is 6.04 Å². The van der Waals surface area contributed by atoms with Crippen molar-refractivity contribution in [1.29, 1.82) is 0 Å². The first-order valence-electron chi connectivity index (χ1n) is 4.50. The molecule has 1 fully saturated rings. The van der Waals surface area contributed by atoms with Crippen LogP contribution < -0.4 is 0 Å². The second-order valence-electron chi connectivity index (χ2n) is 3.81. The molecule has 13 heavy (non-hydrogen) atoms. The van der Waals surface area contributed by atoms with Gasteiger partial charge in [-0.1, -0.05) is 0 Å². The van der Waals surface area contributed by atoms with Crippen LogP contribution >= 0.6 is 0 Å². The third-order valence-electron chi connectivity index (χ3n) is 2.83. The summed E-state index contributed by atoms with van der Waals surface area (Å²) < 4.78 is 4.57. The van der Waals surface area contributed by atoms with Crippen LogP contribution in [0, 0.1) is 0 Å². The number of hydrogen-bond acceptors (Lipinski definition) is 4. The molecule has 2 atom stereocenters. The smallest absolute Gasteiger partial charge is 0.337 e. The molecule has 0 amide bonds. The fourth-order valence-corrected chi connectivity index (χ4v) is 1.70. The summed E-state index contributed by atoms with van der Waals surface area (Å²) in [5.74, 6) is -0.507. The summed E-state index contributed by atoms with van der Waals surface area (Å²) in [6, 6.07) is 0.220. The van der Waals surface area contributed by atoms with Crippen molar-refractivity contribution in [3.05, 3.63) is 0 Å². The standard InChI is InChI=1S/C9H17NO3/c1-7-6-9(12,8(11)13-3)4-5-10(7)2/h7,12H,4-6H2,1-3H3. The summed E-state index contributed by atoms with van der Waals surface area (Å²) in [5, 5.41) is 9.93. The topological polar surface area (TPSA) is 49.8 Å². The second kappa shape index (κ2) is 3.64. The number of nitrogens with zero attached hydrogens (tertiary/aromatic N) is 1. The van der Waals surface area contributed by atoms with Crippen LogP contribution in [-0.4, -0.2) is 48.3 Å². The van der Waals surface area contributed by atoms with E-state index in [1.54, 1.807) is 0 Å². The molecular formula is C9H17NO3. The monoisotopic (exact) mass is 187 g/mol. The molecular weight excluding hydrogens is 170 g/mol. The lowest BCUT2D eigenvalue weighted by Gasteiger charge is -2.38. The van der Waals surface area contributed by atoms with Crippen LogP contribution in [0.2, 0.25) is 0 Å². The normalized spacial score (nSPS) is 35.8. The maximum atomic E-state index is 11.3. The number of hydrogen-bond donors (Lipinski definition) is 1. The van der Waals surface area contributed by atoms with E-state index in [2.05, 4.69) is 9.64 Å². The minimum absolute atomic E-state index is 0.220. The zero-order valence-corrected chi connectivity index (χ0v) is 8.41. The van der Waals surface area contributed by atoms with Crippen molar-refractivity contribution in [3.8, 4) is 0 Å². The van der Waals surface area contributed by atoms with Gasteiger partial charge in [0.15, 0.2) is 5.60 Å². The maximum Gasteiger partial charge on any atom is 0.337 e. The zero-order valence-electron chi connectivity index (χ0n) is 8.41. The highest BCUT2D eigenvalue weighted by atomic mass is 16.5. The first kappa shape index (κ1) is 10.5. The minimum atomic E-state index is -1.26. The molecule has 1 rings (SSSR count). The number of piperidine rings is 1. The first-order valence-corrected chi connectivity index (χ1v) is 4.50. The molecule has 1 saturated heterocycles. The lowest BCUT2D eigenvalue weighted by atomic mass is 9.87. The average Bonchev–Trinajstić information content (AvgIpc) is 2.11. The van der Waals surface area contributed by atoms with Crippen molar-refractivity contribution in [2.24, 2.45) is 0 Å². The van der Waals surface area contributed by atoms with Crippen LogP contribution in [0.4, 0.5) is 0 Å². The Balaban J connectivity index is 2.66. The Kier molecular flexibility index (Phi) is 2.93. The first-order chi connectivity index (χ1) is 5.99. The lowest BCUT2D eigenvalue weighted by Crippen LogP contribution is -2.52. The van der Waals surface area contributed by atoms with Crippen molar-refractivity contribution >= 4 is 5.97 Å². The number of carbonyl (C=O) groups excluding carboxylic acids is 1. The molecule has 1 N–H and O–H groups in total. The number of aliphatic hydroxyl groups is 1. The Morgan fingerprint density at radius 3 is 2.77 bits per heavy atom. The molecule has 0 radical (unpaired) electrons. The molecule has 0 aliphatic carbocycles. The van der Waals surface area contributed by atoms with Crippen LogP contribution in [0.5, 0.6) is 0 Å². The van der Waals surface area contributed by atoms with Gasteiger partial charge >= 0.3 is 5.97 Å². The van der Waals surface area contributed by atoms with Crippen LogP contribution in [0.15, 0.2) is 0 Å². The van der Waals surface area contributed by atoms with E-state index >= 15 is 0 Å². The molecule has 4 heteroatoms. The van der Waals surface area contributed by atoms with E-state index in [1.165, 1.54) is 7.11 Å². The molecule has 0 aromatic carbocycles. The molecule has 1 aliphatic rings. The lowest BCUT2D eigenvalue weighted by molar-refractivity contribution is -0.168. The maximum absolute atomic E-state index is 11.3. The second-order valence-corrected chi connectivity index (χ2v) is 3.81. The molecule has 4 nitrogen and oxygen atoms in total. The average molecular weight is 187 g/mol. The van der Waals surface area contributed by atoms with Crippen LogP contribution in [0.1, 0.15) is 19.8 Å². The number of methoxy groups -OCH3 is 1. The van der Waals surface area contributed by atoms with E-state index < -0.39 is 11.6 Å². The van der Waals surface area contributed by atoms with Gasteiger partial charge in [-0.25, -0.2) is 4.79 Å². The van der Waals surface area contributed by atoms with Gasteiger partial charge in [-0.2, -0.15) is 0 Å². The van der Waals surface area contributed by atoms with E-state index in [1.807, 2.05) is 14.0 Å².